The molecule has 0 atom stereocenters. The molecule has 0 bridgehead atoms. The van der Waals surface area contributed by atoms with Gasteiger partial charge >= 0.3 is 0 Å². The van der Waals surface area contributed by atoms with Crippen molar-refractivity contribution < 1.29 is 13.7 Å². The molecule has 2 aromatic rings. The van der Waals surface area contributed by atoms with Gasteiger partial charge in [0.25, 0.3) is 0 Å². The summed E-state index contributed by atoms with van der Waals surface area (Å²) in [5.74, 6) is 1.55. The highest BCUT2D eigenvalue weighted by Crippen LogP contribution is 2.18. The molecule has 1 aromatic carbocycles. The third-order valence-electron chi connectivity index (χ3n) is 3.58. The lowest BCUT2D eigenvalue weighted by Crippen LogP contribution is -2.36. The van der Waals surface area contributed by atoms with E-state index in [9.17, 15) is 4.39 Å². The fraction of sp³-hybridized carbons (Fsp3) is 0.444. The maximum atomic E-state index is 13.9. The zero-order valence-corrected chi connectivity index (χ0v) is 17.8. The van der Waals surface area contributed by atoms with Crippen molar-refractivity contribution >= 4 is 29.9 Å². The van der Waals surface area contributed by atoms with E-state index in [-0.39, 0.29) is 35.5 Å². The largest absolute Gasteiger partial charge is 0.491 e. The van der Waals surface area contributed by atoms with E-state index < -0.39 is 0 Å². The number of aromatic nitrogens is 1. The Morgan fingerprint density at radius 2 is 2.00 bits per heavy atom. The van der Waals surface area contributed by atoms with Crippen LogP contribution in [0.15, 0.2) is 33.8 Å². The summed E-state index contributed by atoms with van der Waals surface area (Å²) in [6.07, 6.45) is 0. The molecule has 2 N–H and O–H groups in total. The van der Waals surface area contributed by atoms with Crippen molar-refractivity contribution in [1.82, 2.24) is 15.8 Å². The van der Waals surface area contributed by atoms with E-state index in [1.54, 1.807) is 13.1 Å². The quantitative estimate of drug-likeness (QED) is 0.361. The number of nitrogens with one attached hydrogen (secondary N) is 2. The minimum Gasteiger partial charge on any atom is -0.491 e. The molecule has 0 aliphatic rings. The Hall–Kier alpha value is -1.84. The number of ether oxygens (including phenoxy) is 1. The predicted molar refractivity (Wildman–Crippen MR) is 111 cm³/mol. The third-order valence-corrected chi connectivity index (χ3v) is 3.58. The van der Waals surface area contributed by atoms with Gasteiger partial charge in [-0.05, 0) is 30.5 Å². The Bertz CT molecular complexity index is 719. The Morgan fingerprint density at radius 3 is 2.58 bits per heavy atom. The van der Waals surface area contributed by atoms with Crippen LogP contribution < -0.4 is 15.4 Å². The first-order valence-electron chi connectivity index (χ1n) is 8.34. The second-order valence-electron chi connectivity index (χ2n) is 5.85. The maximum absolute atomic E-state index is 13.9. The lowest BCUT2D eigenvalue weighted by molar-refractivity contribution is 0.321. The van der Waals surface area contributed by atoms with Crippen molar-refractivity contribution in [2.75, 3.05) is 13.7 Å². The molecule has 1 heterocycles. The van der Waals surface area contributed by atoms with Gasteiger partial charge in [-0.25, -0.2) is 4.39 Å². The highest BCUT2D eigenvalue weighted by molar-refractivity contribution is 14.0. The second kappa shape index (κ2) is 11.0. The van der Waals surface area contributed by atoms with Crippen LogP contribution in [0.2, 0.25) is 0 Å². The Morgan fingerprint density at radius 1 is 1.27 bits per heavy atom. The van der Waals surface area contributed by atoms with Crippen LogP contribution in [0.5, 0.6) is 5.75 Å². The molecule has 0 spiro atoms. The van der Waals surface area contributed by atoms with Crippen LogP contribution in [0, 0.1) is 5.82 Å². The second-order valence-corrected chi connectivity index (χ2v) is 5.85. The fourth-order valence-electron chi connectivity index (χ4n) is 2.19. The number of halogens is 2. The molecule has 2 rings (SSSR count). The van der Waals surface area contributed by atoms with E-state index in [4.69, 9.17) is 9.26 Å². The predicted octanol–water partition coefficient (Wildman–Crippen LogP) is 3.82. The van der Waals surface area contributed by atoms with E-state index in [0.29, 0.717) is 31.6 Å². The van der Waals surface area contributed by atoms with Gasteiger partial charge in [0.2, 0.25) is 0 Å². The summed E-state index contributed by atoms with van der Waals surface area (Å²) in [7, 11) is 1.67. The number of hydrogen-bond acceptors (Lipinski definition) is 4. The molecule has 0 amide bonds. The van der Waals surface area contributed by atoms with Crippen LogP contribution in [0.25, 0.3) is 0 Å². The van der Waals surface area contributed by atoms with Gasteiger partial charge in [0, 0.05) is 19.7 Å². The minimum absolute atomic E-state index is 0. The van der Waals surface area contributed by atoms with Crippen LogP contribution in [0.3, 0.4) is 0 Å². The summed E-state index contributed by atoms with van der Waals surface area (Å²) >= 11 is 0. The fourth-order valence-corrected chi connectivity index (χ4v) is 2.19. The van der Waals surface area contributed by atoms with Gasteiger partial charge in [-0.2, -0.15) is 0 Å². The van der Waals surface area contributed by atoms with Crippen LogP contribution in [-0.4, -0.2) is 24.8 Å². The highest BCUT2D eigenvalue weighted by Gasteiger charge is 2.09. The summed E-state index contributed by atoms with van der Waals surface area (Å²) in [4.78, 5) is 4.14. The van der Waals surface area contributed by atoms with Gasteiger partial charge in [0.15, 0.2) is 23.3 Å². The molecule has 0 radical (unpaired) electrons. The molecule has 26 heavy (non-hydrogen) atoms. The zero-order valence-electron chi connectivity index (χ0n) is 15.5. The molecule has 8 heteroatoms. The van der Waals surface area contributed by atoms with Crippen molar-refractivity contribution in [3.05, 3.63) is 47.1 Å². The Balaban J connectivity index is 0.00000338. The van der Waals surface area contributed by atoms with E-state index in [0.717, 1.165) is 17.0 Å². The van der Waals surface area contributed by atoms with E-state index >= 15 is 0 Å². The third kappa shape index (κ3) is 6.47. The summed E-state index contributed by atoms with van der Waals surface area (Å²) in [6.45, 7) is 7.29. The number of benzene rings is 1. The van der Waals surface area contributed by atoms with Gasteiger partial charge in [-0.15, -0.1) is 24.0 Å². The molecule has 0 saturated heterocycles. The van der Waals surface area contributed by atoms with E-state index in [1.807, 2.05) is 19.1 Å². The number of aliphatic imine (C=N–C) groups is 1. The van der Waals surface area contributed by atoms with E-state index in [1.165, 1.54) is 6.07 Å². The van der Waals surface area contributed by atoms with Crippen LogP contribution >= 0.6 is 24.0 Å². The van der Waals surface area contributed by atoms with Crippen molar-refractivity contribution in [2.24, 2.45) is 4.99 Å². The normalized spacial score (nSPS) is 11.2. The summed E-state index contributed by atoms with van der Waals surface area (Å²) in [6, 6.07) is 6.83. The molecule has 0 unspecified atom stereocenters. The highest BCUT2D eigenvalue weighted by atomic mass is 127. The first-order valence-corrected chi connectivity index (χ1v) is 8.34. The van der Waals surface area contributed by atoms with E-state index in [2.05, 4.69) is 34.6 Å². The number of guanidine groups is 1. The molecular formula is C18H26FIN4O2. The monoisotopic (exact) mass is 476 g/mol. The molecule has 144 valence electrons. The minimum atomic E-state index is -0.369. The molecule has 0 fully saturated rings. The lowest BCUT2D eigenvalue weighted by atomic mass is 10.1. The Labute approximate surface area is 170 Å². The molecule has 0 aliphatic heterocycles. The number of nitrogens with zero attached hydrogens (tertiary/aromatic N) is 2. The summed E-state index contributed by atoms with van der Waals surface area (Å²) in [5.41, 5.74) is 1.72. The molecule has 6 nitrogen and oxygen atoms in total. The van der Waals surface area contributed by atoms with Crippen molar-refractivity contribution in [3.63, 3.8) is 0 Å². The molecule has 1 aromatic heterocycles. The van der Waals surface area contributed by atoms with Gasteiger partial charge in [-0.1, -0.05) is 25.1 Å². The van der Waals surface area contributed by atoms with Crippen molar-refractivity contribution in [1.29, 1.82) is 0 Å². The standard InChI is InChI=1S/C18H25FN4O2.HI/c1-5-24-17-7-6-13(8-15(17)19)10-21-18(20-4)22-11-14-9-16(12(2)3)23-25-14;/h6-9,12H,5,10-11H2,1-4H3,(H2,20,21,22);1H. The topological polar surface area (TPSA) is 71.7 Å². The smallest absolute Gasteiger partial charge is 0.191 e. The summed E-state index contributed by atoms with van der Waals surface area (Å²) in [5, 5.41) is 10.3. The Kier molecular flexibility index (Phi) is 9.39. The zero-order chi connectivity index (χ0) is 18.2. The lowest BCUT2D eigenvalue weighted by Gasteiger charge is -2.11. The average Bonchev–Trinajstić information content (AvgIpc) is 3.07. The van der Waals surface area contributed by atoms with Crippen LogP contribution in [-0.2, 0) is 13.1 Å². The van der Waals surface area contributed by atoms with Gasteiger partial charge < -0.3 is 19.9 Å². The van der Waals surface area contributed by atoms with Gasteiger partial charge in [0.1, 0.15) is 0 Å². The molecular weight excluding hydrogens is 450 g/mol. The number of rotatable bonds is 7. The van der Waals surface area contributed by atoms with Crippen molar-refractivity contribution in [2.45, 2.75) is 39.8 Å². The maximum Gasteiger partial charge on any atom is 0.191 e. The number of hydrogen-bond donors (Lipinski definition) is 2. The SMILES string of the molecule is CCOc1ccc(CNC(=NC)NCc2cc(C(C)C)no2)cc1F.I. The average molecular weight is 476 g/mol. The van der Waals surface area contributed by atoms with Crippen LogP contribution in [0.1, 0.15) is 43.7 Å². The first-order chi connectivity index (χ1) is 12.0. The first kappa shape index (κ1) is 22.2. The van der Waals surface area contributed by atoms with Crippen molar-refractivity contribution in [3.8, 4) is 5.75 Å². The van der Waals surface area contributed by atoms with Gasteiger partial charge in [0.05, 0.1) is 18.8 Å². The molecule has 0 saturated carbocycles. The molecule has 0 aliphatic carbocycles. The summed E-state index contributed by atoms with van der Waals surface area (Å²) < 4.78 is 24.3. The van der Waals surface area contributed by atoms with Gasteiger partial charge in [-0.3, -0.25) is 4.99 Å². The van der Waals surface area contributed by atoms with Crippen LogP contribution in [0.4, 0.5) is 4.39 Å².